The van der Waals surface area contributed by atoms with Gasteiger partial charge in [0.15, 0.2) is 0 Å². The number of phenolic OH excluding ortho intramolecular Hbond substituents is 1. The lowest BCUT2D eigenvalue weighted by molar-refractivity contribution is 0.474. The van der Waals surface area contributed by atoms with Crippen molar-refractivity contribution in [3.8, 4) is 5.75 Å². The monoisotopic (exact) mass is 302 g/mol. The maximum absolute atomic E-state index is 9.41. The van der Waals surface area contributed by atoms with Crippen molar-refractivity contribution in [3.63, 3.8) is 0 Å². The minimum absolute atomic E-state index is 0.390. The highest BCUT2D eigenvalue weighted by atomic mass is 16.3. The number of hydrogen-bond donors (Lipinski definition) is 1. The van der Waals surface area contributed by atoms with Gasteiger partial charge in [-0.1, -0.05) is 76.2 Å². The zero-order valence-corrected chi connectivity index (χ0v) is 14.4. The largest absolute Gasteiger partial charge is 0.508 e. The van der Waals surface area contributed by atoms with E-state index < -0.39 is 0 Å². The molecule has 0 heterocycles. The molecule has 124 valence electrons. The lowest BCUT2D eigenvalue weighted by Crippen LogP contribution is -1.86. The Morgan fingerprint density at radius 2 is 1.45 bits per heavy atom. The molecule has 22 heavy (non-hydrogen) atoms. The first kappa shape index (κ1) is 18.8. The van der Waals surface area contributed by atoms with Crippen molar-refractivity contribution >= 4 is 0 Å². The van der Waals surface area contributed by atoms with E-state index in [-0.39, 0.29) is 0 Å². The molecule has 0 amide bonds. The number of unbranched alkanes of at least 4 members (excludes halogenated alkanes) is 9. The Kier molecular flexibility index (Phi) is 11.5. The van der Waals surface area contributed by atoms with Gasteiger partial charge in [-0.15, -0.1) is 0 Å². The number of phenols is 1. The molecule has 0 aliphatic rings. The fourth-order valence-corrected chi connectivity index (χ4v) is 2.74. The zero-order chi connectivity index (χ0) is 15.9. The Bertz CT molecular complexity index is 395. The van der Waals surface area contributed by atoms with Crippen LogP contribution in [0.3, 0.4) is 0 Å². The normalized spacial score (nSPS) is 11.3. The zero-order valence-electron chi connectivity index (χ0n) is 14.4. The van der Waals surface area contributed by atoms with Crippen molar-refractivity contribution in [1.82, 2.24) is 0 Å². The summed E-state index contributed by atoms with van der Waals surface area (Å²) in [6.07, 6.45) is 20.4. The molecule has 1 rings (SSSR count). The van der Waals surface area contributed by atoms with Gasteiger partial charge in [0, 0.05) is 0 Å². The van der Waals surface area contributed by atoms with Gasteiger partial charge in [-0.25, -0.2) is 0 Å². The van der Waals surface area contributed by atoms with Gasteiger partial charge in [-0.3, -0.25) is 0 Å². The molecule has 0 spiro atoms. The van der Waals surface area contributed by atoms with E-state index in [0.717, 1.165) is 6.42 Å². The first-order valence-corrected chi connectivity index (χ1v) is 9.26. The van der Waals surface area contributed by atoms with Crippen LogP contribution in [-0.4, -0.2) is 5.11 Å². The first-order chi connectivity index (χ1) is 10.8. The van der Waals surface area contributed by atoms with Crippen LogP contribution >= 0.6 is 0 Å². The minimum Gasteiger partial charge on any atom is -0.508 e. The number of hydrogen-bond acceptors (Lipinski definition) is 1. The molecule has 0 fully saturated rings. The Morgan fingerprint density at radius 3 is 2.14 bits per heavy atom. The summed E-state index contributed by atoms with van der Waals surface area (Å²) in [5, 5.41) is 9.41. The number of aromatic hydroxyl groups is 1. The number of allylic oxidation sites excluding steroid dienone is 2. The van der Waals surface area contributed by atoms with Crippen LogP contribution in [0.1, 0.15) is 83.1 Å². The molecule has 1 aromatic carbocycles. The van der Waals surface area contributed by atoms with Gasteiger partial charge in [0.05, 0.1) is 0 Å². The molecule has 0 saturated carbocycles. The first-order valence-electron chi connectivity index (χ1n) is 9.26. The van der Waals surface area contributed by atoms with Crippen LogP contribution < -0.4 is 0 Å². The minimum atomic E-state index is 0.390. The van der Waals surface area contributed by atoms with E-state index in [9.17, 15) is 5.11 Å². The third-order valence-electron chi connectivity index (χ3n) is 4.14. The Hall–Kier alpha value is -1.24. The summed E-state index contributed by atoms with van der Waals surface area (Å²) >= 11 is 0. The molecule has 1 N–H and O–H groups in total. The summed E-state index contributed by atoms with van der Waals surface area (Å²) in [4.78, 5) is 0. The molecular weight excluding hydrogens is 268 g/mol. The highest BCUT2D eigenvalue weighted by Crippen LogP contribution is 2.15. The summed E-state index contributed by atoms with van der Waals surface area (Å²) in [5.74, 6) is 0.390. The third kappa shape index (κ3) is 10.5. The topological polar surface area (TPSA) is 20.2 Å². The Labute approximate surface area is 137 Å². The number of rotatable bonds is 13. The van der Waals surface area contributed by atoms with Crippen molar-refractivity contribution < 1.29 is 5.11 Å². The average Bonchev–Trinajstić information content (AvgIpc) is 2.52. The second-order valence-corrected chi connectivity index (χ2v) is 6.30. The van der Waals surface area contributed by atoms with Crippen LogP contribution in [0, 0.1) is 0 Å². The van der Waals surface area contributed by atoms with E-state index in [4.69, 9.17) is 0 Å². The van der Waals surface area contributed by atoms with E-state index in [1.165, 1.54) is 76.2 Å². The lowest BCUT2D eigenvalue weighted by Gasteiger charge is -2.03. The standard InChI is InChI=1S/C21H34O/c1-2-3-4-5-6-7-8-9-10-11-12-13-14-16-20-17-15-18-21(22)19-20/h5-6,15,17-19,22H,2-4,7-14,16H2,1H3/b6-5+. The fourth-order valence-electron chi connectivity index (χ4n) is 2.74. The van der Waals surface area contributed by atoms with Crippen LogP contribution in [0.25, 0.3) is 0 Å². The Morgan fingerprint density at radius 1 is 0.818 bits per heavy atom. The van der Waals surface area contributed by atoms with Crippen LogP contribution in [-0.2, 0) is 6.42 Å². The highest BCUT2D eigenvalue weighted by molar-refractivity contribution is 5.27. The molecular formula is C21H34O. The lowest BCUT2D eigenvalue weighted by atomic mass is 10.0. The van der Waals surface area contributed by atoms with Crippen LogP contribution in [0.4, 0.5) is 0 Å². The highest BCUT2D eigenvalue weighted by Gasteiger charge is 1.96. The van der Waals surface area contributed by atoms with E-state index in [0.29, 0.717) is 5.75 Å². The molecule has 0 radical (unpaired) electrons. The van der Waals surface area contributed by atoms with Gasteiger partial charge < -0.3 is 5.11 Å². The van der Waals surface area contributed by atoms with Gasteiger partial charge >= 0.3 is 0 Å². The SMILES string of the molecule is CCCC/C=C/CCCCCCCCCc1cccc(O)c1. The van der Waals surface area contributed by atoms with Crippen molar-refractivity contribution in [2.75, 3.05) is 0 Å². The molecule has 0 bridgehead atoms. The fraction of sp³-hybridized carbons (Fsp3) is 0.619. The smallest absolute Gasteiger partial charge is 0.115 e. The van der Waals surface area contributed by atoms with E-state index in [2.05, 4.69) is 25.1 Å². The van der Waals surface area contributed by atoms with Crippen LogP contribution in [0.2, 0.25) is 0 Å². The van der Waals surface area contributed by atoms with Crippen LogP contribution in [0.5, 0.6) is 5.75 Å². The predicted molar refractivity (Wildman–Crippen MR) is 97.4 cm³/mol. The summed E-state index contributed by atoms with van der Waals surface area (Å²) < 4.78 is 0. The molecule has 0 aliphatic carbocycles. The van der Waals surface area contributed by atoms with Crippen molar-refractivity contribution in [3.05, 3.63) is 42.0 Å². The predicted octanol–water partition coefficient (Wildman–Crippen LogP) is 6.80. The quantitative estimate of drug-likeness (QED) is 0.314. The van der Waals surface area contributed by atoms with Crippen molar-refractivity contribution in [2.24, 2.45) is 0 Å². The van der Waals surface area contributed by atoms with Gasteiger partial charge in [-0.05, 0) is 49.8 Å². The van der Waals surface area contributed by atoms with E-state index in [1.54, 1.807) is 6.07 Å². The summed E-state index contributed by atoms with van der Waals surface area (Å²) in [6.45, 7) is 2.25. The van der Waals surface area contributed by atoms with E-state index >= 15 is 0 Å². The summed E-state index contributed by atoms with van der Waals surface area (Å²) in [6, 6.07) is 7.66. The summed E-state index contributed by atoms with van der Waals surface area (Å²) in [5.41, 5.74) is 1.26. The van der Waals surface area contributed by atoms with Gasteiger partial charge in [0.1, 0.15) is 5.75 Å². The number of aryl methyl sites for hydroxylation is 1. The second-order valence-electron chi connectivity index (χ2n) is 6.30. The molecule has 0 unspecified atom stereocenters. The van der Waals surface area contributed by atoms with Gasteiger partial charge in [0.25, 0.3) is 0 Å². The molecule has 0 saturated heterocycles. The average molecular weight is 303 g/mol. The Balaban J connectivity index is 1.85. The maximum Gasteiger partial charge on any atom is 0.115 e. The molecule has 1 aromatic rings. The molecule has 1 heteroatoms. The third-order valence-corrected chi connectivity index (χ3v) is 4.14. The van der Waals surface area contributed by atoms with Crippen LogP contribution in [0.15, 0.2) is 36.4 Å². The van der Waals surface area contributed by atoms with Gasteiger partial charge in [0.2, 0.25) is 0 Å². The molecule has 0 aromatic heterocycles. The van der Waals surface area contributed by atoms with Gasteiger partial charge in [-0.2, -0.15) is 0 Å². The van der Waals surface area contributed by atoms with E-state index in [1.807, 2.05) is 12.1 Å². The molecule has 0 aliphatic heterocycles. The molecule has 0 atom stereocenters. The van der Waals surface area contributed by atoms with Crippen molar-refractivity contribution in [1.29, 1.82) is 0 Å². The second kappa shape index (κ2) is 13.4. The molecule has 1 nitrogen and oxygen atoms in total. The summed E-state index contributed by atoms with van der Waals surface area (Å²) in [7, 11) is 0. The van der Waals surface area contributed by atoms with Crippen molar-refractivity contribution in [2.45, 2.75) is 84.0 Å². The maximum atomic E-state index is 9.41. The number of benzene rings is 1.